The number of aliphatic carboxylic acids is 1. The Bertz CT molecular complexity index is 5410. The van der Waals surface area contributed by atoms with Gasteiger partial charge in [0.15, 0.2) is 42.3 Å². The molecule has 42 heteroatoms. The van der Waals surface area contributed by atoms with Gasteiger partial charge in [0.05, 0.1) is 61.1 Å². The number of phenolic OH excluding ortho intramolecular Hbond substituents is 3. The number of carbonyl (C=O) groups is 9. The van der Waals surface area contributed by atoms with Crippen molar-refractivity contribution in [1.82, 2.24) is 42.5 Å². The number of fused-ring (bicyclic) bond motifs is 15. The molecule has 718 valence electrons. The zero-order chi connectivity index (χ0) is 97.3. The average molecular weight is 1910 g/mol. The Morgan fingerprint density at radius 1 is 0.669 bits per heavy atom. The molecule has 6 aliphatic rings. The number of primary amides is 1. The second kappa shape index (κ2) is 43.9. The Labute approximate surface area is 778 Å². The topological polar surface area (TPSA) is 608 Å². The Morgan fingerprint density at radius 3 is 1.86 bits per heavy atom. The summed E-state index contributed by atoms with van der Waals surface area (Å²) in [6.07, 6.45) is -25.0. The second-order valence-electron chi connectivity index (χ2n) is 34.0. The van der Waals surface area contributed by atoms with Gasteiger partial charge in [0.25, 0.3) is 0 Å². The number of rotatable bonds is 31. The van der Waals surface area contributed by atoms with Crippen LogP contribution in [-0.2, 0) is 78.2 Å². The summed E-state index contributed by atoms with van der Waals surface area (Å²) in [4.78, 5) is 134. The van der Waals surface area contributed by atoms with Gasteiger partial charge < -0.3 is 153 Å². The zero-order valence-electron chi connectivity index (χ0n) is 73.8. The lowest BCUT2D eigenvalue weighted by molar-refractivity contribution is -0.320. The Morgan fingerprint density at radius 2 is 1.27 bits per heavy atom. The van der Waals surface area contributed by atoms with Crippen molar-refractivity contribution in [1.29, 1.82) is 0 Å². The minimum atomic E-state index is -2.44. The van der Waals surface area contributed by atoms with E-state index in [2.05, 4.69) is 42.5 Å². The van der Waals surface area contributed by atoms with E-state index < -0.39 is 290 Å². The van der Waals surface area contributed by atoms with Crippen LogP contribution in [0.4, 0.5) is 0 Å². The molecule has 133 heavy (non-hydrogen) atoms. The highest BCUT2D eigenvalue weighted by molar-refractivity contribution is 6.32. The van der Waals surface area contributed by atoms with E-state index in [9.17, 15) is 75.3 Å². The SMILES string of the molecule is CCC(O)C(C)(N)CC(O)O[C@@H]1c2ccc(c(Cl)c2)Oc2cc3cc(c2OC2OC(CO)C(O)C(O)C2OC(C)OC(C)C(O)C(C)(C)NCC(OCc2ccc(-c4ccc(Cl)cc4)cc2)C(=O)OC)Oc2ccc(cc2Cl)[C@@H](O)C(NC(=O)[C@@H](CC(C)C)NC)C(=O)N[C@@H](CC(N)=O)C(=O)N[C@H]3C(=O)NC2C(=O)N[C@@H]1C(=O)N[C@@H](C(=O)O)c1cc(O)cc(O)c1-c1cc2ccc1O. The van der Waals surface area contributed by atoms with Gasteiger partial charge in [-0.3, -0.25) is 33.6 Å². The number of phenols is 3. The summed E-state index contributed by atoms with van der Waals surface area (Å²) in [6, 6.07) is 13.2. The fraction of sp³-hybridized carbons (Fsp3) is 0.440. The van der Waals surface area contributed by atoms with E-state index in [1.165, 1.54) is 47.1 Å². The van der Waals surface area contributed by atoms with Crippen molar-refractivity contribution >= 4 is 88.1 Å². The molecule has 0 aliphatic carbocycles. The number of ether oxygens (including phenoxy) is 9. The summed E-state index contributed by atoms with van der Waals surface area (Å²) in [7, 11) is 2.64. The van der Waals surface area contributed by atoms with Crippen LogP contribution in [0, 0.1) is 5.92 Å². The first-order valence-electron chi connectivity index (χ1n) is 42.4. The number of aromatic hydroxyl groups is 3. The largest absolute Gasteiger partial charge is 0.508 e. The summed E-state index contributed by atoms with van der Waals surface area (Å²) in [5.74, 6) is -17.7. The molecule has 23 N–H and O–H groups in total. The number of carbonyl (C=O) groups excluding carboxylic acids is 8. The summed E-state index contributed by atoms with van der Waals surface area (Å²) < 4.78 is 56.9. The molecule has 6 aliphatic heterocycles. The third kappa shape index (κ3) is 24.5. The van der Waals surface area contributed by atoms with Crippen LogP contribution < -0.4 is 68.2 Å². The molecule has 7 aromatic rings. The molecule has 1 fully saturated rings. The monoisotopic (exact) mass is 1910 g/mol. The number of carboxylic acids is 1. The Balaban J connectivity index is 1.08. The number of benzene rings is 7. The lowest BCUT2D eigenvalue weighted by Gasteiger charge is -2.43. The van der Waals surface area contributed by atoms with Crippen LogP contribution in [-0.4, -0.2) is 240 Å². The molecule has 13 rings (SSSR count). The maximum absolute atomic E-state index is 16.5. The van der Waals surface area contributed by atoms with Crippen molar-refractivity contribution in [3.05, 3.63) is 176 Å². The van der Waals surface area contributed by atoms with Crippen molar-refractivity contribution in [2.45, 2.75) is 221 Å². The number of likely N-dealkylation sites (N-methyl/N-ethyl adjacent to an activating group) is 1. The number of aliphatic hydroxyl groups is 7. The van der Waals surface area contributed by atoms with Crippen LogP contribution in [0.25, 0.3) is 22.3 Å². The summed E-state index contributed by atoms with van der Waals surface area (Å²) in [6.45, 7) is 11.2. The zero-order valence-corrected chi connectivity index (χ0v) is 76.0. The van der Waals surface area contributed by atoms with Gasteiger partial charge in [-0.25, -0.2) is 9.59 Å². The highest BCUT2D eigenvalue weighted by Gasteiger charge is 2.50. The van der Waals surface area contributed by atoms with Crippen LogP contribution in [0.15, 0.2) is 127 Å². The Kier molecular flexibility index (Phi) is 33.8. The highest BCUT2D eigenvalue weighted by atomic mass is 35.5. The van der Waals surface area contributed by atoms with Crippen molar-refractivity contribution in [2.24, 2.45) is 17.4 Å². The minimum absolute atomic E-state index is 0.0275. The molecule has 0 aromatic heterocycles. The van der Waals surface area contributed by atoms with Crippen LogP contribution in [0.3, 0.4) is 0 Å². The van der Waals surface area contributed by atoms with E-state index in [0.717, 1.165) is 77.9 Å². The van der Waals surface area contributed by atoms with Crippen LogP contribution in [0.2, 0.25) is 15.1 Å². The molecule has 14 unspecified atom stereocenters. The number of aliphatic hydroxyl groups excluding tert-OH is 7. The number of halogens is 3. The highest BCUT2D eigenvalue weighted by Crippen LogP contribution is 2.50. The van der Waals surface area contributed by atoms with Crippen LogP contribution in [0.1, 0.15) is 145 Å². The van der Waals surface area contributed by atoms with E-state index in [1.54, 1.807) is 46.8 Å². The summed E-state index contributed by atoms with van der Waals surface area (Å²) in [5, 5.41) is 149. The molecule has 7 amide bonds. The number of methoxy groups -OCH3 is 1. The molecule has 0 radical (unpaired) electrons. The van der Waals surface area contributed by atoms with Crippen molar-refractivity contribution in [2.75, 3.05) is 27.3 Å². The number of carboxylic acid groups (broad SMARTS) is 1. The lowest BCUT2D eigenvalue weighted by atomic mass is 9.89. The van der Waals surface area contributed by atoms with Gasteiger partial charge in [0, 0.05) is 51.8 Å². The van der Waals surface area contributed by atoms with E-state index in [0.29, 0.717) is 10.6 Å². The minimum Gasteiger partial charge on any atom is -0.508 e. The van der Waals surface area contributed by atoms with E-state index in [1.807, 2.05) is 36.4 Å². The van der Waals surface area contributed by atoms with E-state index >= 15 is 24.0 Å². The fourth-order valence-corrected chi connectivity index (χ4v) is 16.4. The molecule has 39 nitrogen and oxygen atoms in total. The van der Waals surface area contributed by atoms with Crippen molar-refractivity contribution in [3.8, 4) is 68.2 Å². The average Bonchev–Trinajstić information content (AvgIpc) is 0.821. The smallest absolute Gasteiger partial charge is 0.336 e. The summed E-state index contributed by atoms with van der Waals surface area (Å²) in [5.41, 5.74) is 8.73. The van der Waals surface area contributed by atoms with Gasteiger partial charge in [0.1, 0.15) is 89.5 Å². The first-order valence-corrected chi connectivity index (χ1v) is 43.5. The van der Waals surface area contributed by atoms with E-state index in [-0.39, 0.29) is 43.0 Å². The number of esters is 1. The predicted molar refractivity (Wildman–Crippen MR) is 476 cm³/mol. The van der Waals surface area contributed by atoms with Crippen molar-refractivity contribution in [3.63, 3.8) is 0 Å². The molecule has 7 aromatic carbocycles. The van der Waals surface area contributed by atoms with Crippen molar-refractivity contribution < 1.29 is 142 Å². The van der Waals surface area contributed by atoms with E-state index in [4.69, 9.17) is 88.9 Å². The lowest BCUT2D eigenvalue weighted by Crippen LogP contribution is -2.62. The summed E-state index contributed by atoms with van der Waals surface area (Å²) >= 11 is 20.7. The number of hydrogen-bond acceptors (Lipinski definition) is 31. The molecule has 21 atom stereocenters. The molecular formula is C91H109Cl3N10O29. The predicted octanol–water partition coefficient (Wildman–Crippen LogP) is 4.67. The molecule has 0 saturated carbocycles. The molecule has 6 heterocycles. The quantitative estimate of drug-likeness (QED) is 0.0207. The van der Waals surface area contributed by atoms with Crippen LogP contribution >= 0.6 is 34.8 Å². The number of hydrogen-bond donors (Lipinski definition) is 21. The Hall–Kier alpha value is -11.2. The normalized spacial score (nSPS) is 23.7. The van der Waals surface area contributed by atoms with Crippen LogP contribution in [0.5, 0.6) is 46.0 Å². The number of nitrogens with one attached hydrogen (secondary N) is 8. The molecule has 11 bridgehead atoms. The van der Waals surface area contributed by atoms with Gasteiger partial charge in [-0.05, 0) is 166 Å². The maximum Gasteiger partial charge on any atom is 0.336 e. The first kappa shape index (κ1) is 102. The van der Waals surface area contributed by atoms with Gasteiger partial charge in [0.2, 0.25) is 53.4 Å². The fourth-order valence-electron chi connectivity index (χ4n) is 15.8. The second-order valence-corrected chi connectivity index (χ2v) is 35.2. The molecule has 0 spiro atoms. The number of amides is 7. The first-order chi connectivity index (χ1) is 62.8. The van der Waals surface area contributed by atoms with Gasteiger partial charge in [-0.1, -0.05) is 110 Å². The number of nitrogens with two attached hydrogens (primary N) is 2. The third-order valence-corrected chi connectivity index (χ3v) is 24.0. The molecule has 1 saturated heterocycles. The van der Waals surface area contributed by atoms with Gasteiger partial charge in [-0.15, -0.1) is 0 Å². The van der Waals surface area contributed by atoms with Gasteiger partial charge in [-0.2, -0.15) is 0 Å². The maximum atomic E-state index is 16.5. The molecular weight excluding hydrogens is 1800 g/mol. The standard InChI is InChI=1S/C91H109Cl3N10O29/c1-11-65(109)91(8,96)35-67(111)132-77-47-20-25-60(54(94)29-47)130-62-31-48-30-61(78(62)133-89-79(76(114)75(113)64(37-105)131-89)128-41(5)127-40(4)80(115)90(6,7)98-36-63(88(124)125-10)126-38-42-12-14-43(15-13-42)44-16-21-49(92)22-17-44)129-59-24-19-46(28-53(59)93)74(112)72(103-81(116)55(97-9)26-39(2)3)85(120)99-56(34-66(95)110)82(117)100-70(48)84(119)101-69-45-18-23-57(107)51(27-45)68-52(32-50(106)33-58(68)108)71(87(122)123)102-86(121)73(77)104-83(69)118/h12-25,27-33,39-41,55-56,63-65,67,69-77,79-80,89,97-98,105-109,111-115H,11,26,34-38,96H2,1-10H3,(H2,95,110)(H,99,120)(H,100,117)(H,101,119)(H,102,121)(H,103,116)(H,104,118)(H,122,123)/t40?,41?,55-,56+,63?,64?,65?,67?,69?,70-,71-,72?,73+,74-,75?,76?,77-,79?,80?,89?,91?/m1/s1. The third-order valence-electron chi connectivity index (χ3n) is 23.1. The van der Waals surface area contributed by atoms with Gasteiger partial charge >= 0.3 is 11.9 Å².